The lowest BCUT2D eigenvalue weighted by Gasteiger charge is -2.21. The normalized spacial score (nSPS) is 10.8. The van der Waals surface area contributed by atoms with Crippen molar-refractivity contribution >= 4 is 5.91 Å². The van der Waals surface area contributed by atoms with Crippen LogP contribution < -0.4 is 33.3 Å². The number of amides is 1. The molecule has 0 atom stereocenters. The smallest absolute Gasteiger partial charge is 0.220 e. The summed E-state index contributed by atoms with van der Waals surface area (Å²) in [5.41, 5.74) is 3.49. The van der Waals surface area contributed by atoms with Gasteiger partial charge in [-0.1, -0.05) is 103 Å². The number of ether oxygens (including phenoxy) is 1. The van der Waals surface area contributed by atoms with Crippen LogP contribution in [-0.4, -0.2) is 17.4 Å². The summed E-state index contributed by atoms with van der Waals surface area (Å²) in [7, 11) is 0. The molecule has 0 bridgehead atoms. The zero-order chi connectivity index (χ0) is 27.4. The minimum absolute atomic E-state index is 0. The predicted octanol–water partition coefficient (Wildman–Crippen LogP) is 5.72. The average molecular weight is 651 g/mol. The molecule has 1 aromatic heterocycles. The SMILES string of the molecule is CCCCCCCCCCCCCCCCOc1ccc(CN(Cc2cccc[n+]2CC)C(C)=O)c(C)c1.[I-]. The number of rotatable bonds is 21. The lowest BCUT2D eigenvalue weighted by atomic mass is 10.0. The second-order valence-electron chi connectivity index (χ2n) is 10.9. The van der Waals surface area contributed by atoms with Crippen molar-refractivity contribution in [2.45, 2.75) is 137 Å². The Morgan fingerprint density at radius 2 is 1.38 bits per heavy atom. The van der Waals surface area contributed by atoms with Gasteiger partial charge in [-0.15, -0.1) is 0 Å². The highest BCUT2D eigenvalue weighted by Gasteiger charge is 2.17. The second kappa shape index (κ2) is 22.1. The van der Waals surface area contributed by atoms with Gasteiger partial charge >= 0.3 is 0 Å². The Balaban J connectivity index is 0.00000760. The number of carbonyl (C=O) groups is 1. The molecule has 2 aromatic rings. The second-order valence-corrected chi connectivity index (χ2v) is 10.9. The van der Waals surface area contributed by atoms with E-state index < -0.39 is 0 Å². The molecule has 0 radical (unpaired) electrons. The average Bonchev–Trinajstić information content (AvgIpc) is 2.92. The topological polar surface area (TPSA) is 33.4 Å². The van der Waals surface area contributed by atoms with Crippen molar-refractivity contribution in [1.29, 1.82) is 0 Å². The number of hydrogen-bond donors (Lipinski definition) is 0. The molecule has 39 heavy (non-hydrogen) atoms. The summed E-state index contributed by atoms with van der Waals surface area (Å²) < 4.78 is 8.23. The summed E-state index contributed by atoms with van der Waals surface area (Å²) in [6, 6.07) is 12.5. The Hall–Kier alpha value is -1.63. The van der Waals surface area contributed by atoms with E-state index in [0.717, 1.165) is 31.0 Å². The molecule has 0 fully saturated rings. The molecule has 1 heterocycles. The molecule has 0 spiro atoms. The number of halogens is 1. The first-order chi connectivity index (χ1) is 18.5. The molecule has 1 aromatic carbocycles. The Morgan fingerprint density at radius 3 is 1.92 bits per heavy atom. The van der Waals surface area contributed by atoms with Gasteiger partial charge in [-0.25, -0.2) is 4.57 Å². The number of aryl methyl sites for hydroxylation is 2. The van der Waals surface area contributed by atoms with Crippen LogP contribution in [0.4, 0.5) is 0 Å². The van der Waals surface area contributed by atoms with E-state index in [1.54, 1.807) is 6.92 Å². The summed E-state index contributed by atoms with van der Waals surface area (Å²) in [5, 5.41) is 0. The summed E-state index contributed by atoms with van der Waals surface area (Å²) in [4.78, 5) is 14.3. The maximum Gasteiger partial charge on any atom is 0.220 e. The Morgan fingerprint density at radius 1 is 0.795 bits per heavy atom. The standard InChI is InChI=1S/C34H55N2O2.HI/c1-5-7-8-9-10-11-12-13-14-15-16-17-18-21-26-38-34-24-23-32(30(3)27-34)28-36(31(4)37)29-33-22-19-20-25-35(33)6-2;/h19-20,22-25,27H,5-18,21,26,28-29H2,1-4H3;1H/q+1;/p-1. The first-order valence-corrected chi connectivity index (χ1v) is 15.5. The molecule has 4 nitrogen and oxygen atoms in total. The van der Waals surface area contributed by atoms with Gasteiger partial charge in [-0.2, -0.15) is 0 Å². The number of pyridine rings is 1. The van der Waals surface area contributed by atoms with Crippen molar-refractivity contribution < 1.29 is 38.1 Å². The lowest BCUT2D eigenvalue weighted by Crippen LogP contribution is -3.00. The van der Waals surface area contributed by atoms with E-state index in [1.165, 1.54) is 94.6 Å². The zero-order valence-corrected chi connectivity index (χ0v) is 27.5. The van der Waals surface area contributed by atoms with Crippen LogP contribution in [0.15, 0.2) is 42.6 Å². The zero-order valence-electron chi connectivity index (χ0n) is 25.4. The number of nitrogens with zero attached hydrogens (tertiary/aromatic N) is 2. The molecule has 0 unspecified atom stereocenters. The third kappa shape index (κ3) is 15.1. The van der Waals surface area contributed by atoms with Crippen molar-refractivity contribution in [3.8, 4) is 5.75 Å². The number of hydrogen-bond acceptors (Lipinski definition) is 2. The maximum absolute atomic E-state index is 12.4. The van der Waals surface area contributed by atoms with E-state index in [0.29, 0.717) is 13.1 Å². The molecular formula is C34H55IN2O2. The van der Waals surface area contributed by atoms with Gasteiger partial charge in [0.2, 0.25) is 11.6 Å². The summed E-state index contributed by atoms with van der Waals surface area (Å²) >= 11 is 0. The van der Waals surface area contributed by atoms with Crippen LogP contribution in [0.2, 0.25) is 0 Å². The molecule has 2 rings (SSSR count). The Labute approximate surface area is 256 Å². The molecule has 5 heteroatoms. The molecule has 220 valence electrons. The van der Waals surface area contributed by atoms with Crippen molar-refractivity contribution in [3.63, 3.8) is 0 Å². The number of aromatic nitrogens is 1. The van der Waals surface area contributed by atoms with Crippen LogP contribution >= 0.6 is 0 Å². The first kappa shape index (κ1) is 35.4. The molecule has 1 amide bonds. The van der Waals surface area contributed by atoms with Crippen molar-refractivity contribution in [3.05, 3.63) is 59.4 Å². The number of carbonyl (C=O) groups excluding carboxylic acids is 1. The van der Waals surface area contributed by atoms with Crippen molar-refractivity contribution in [2.24, 2.45) is 0 Å². The quantitative estimate of drug-likeness (QED) is 0.0986. The Bertz CT molecular complexity index is 918. The van der Waals surface area contributed by atoms with Gasteiger partial charge in [0.05, 0.1) is 6.61 Å². The highest BCUT2D eigenvalue weighted by molar-refractivity contribution is 5.73. The molecule has 0 aliphatic carbocycles. The molecule has 0 saturated carbocycles. The van der Waals surface area contributed by atoms with E-state index in [4.69, 9.17) is 4.74 Å². The minimum Gasteiger partial charge on any atom is -1.00 e. The van der Waals surface area contributed by atoms with E-state index in [2.05, 4.69) is 55.8 Å². The van der Waals surface area contributed by atoms with Crippen molar-refractivity contribution in [1.82, 2.24) is 4.90 Å². The predicted molar refractivity (Wildman–Crippen MR) is 159 cm³/mol. The summed E-state index contributed by atoms with van der Waals surface area (Å²) in [6.07, 6.45) is 21.2. The van der Waals surface area contributed by atoms with E-state index >= 15 is 0 Å². The number of unbranched alkanes of at least 4 members (excludes halogenated alkanes) is 13. The molecule has 0 aliphatic rings. The van der Waals surface area contributed by atoms with Gasteiger partial charge in [-0.3, -0.25) is 4.79 Å². The monoisotopic (exact) mass is 650 g/mol. The maximum atomic E-state index is 12.4. The Kier molecular flexibility index (Phi) is 20.1. The highest BCUT2D eigenvalue weighted by atomic mass is 127. The highest BCUT2D eigenvalue weighted by Crippen LogP contribution is 2.20. The van der Waals surface area contributed by atoms with Gasteiger partial charge in [0.1, 0.15) is 18.8 Å². The number of benzene rings is 1. The van der Waals surface area contributed by atoms with E-state index in [9.17, 15) is 4.79 Å². The largest absolute Gasteiger partial charge is 1.00 e. The fourth-order valence-corrected chi connectivity index (χ4v) is 5.07. The van der Waals surface area contributed by atoms with Gasteiger partial charge in [0.15, 0.2) is 6.20 Å². The van der Waals surface area contributed by atoms with Crippen LogP contribution in [0.1, 0.15) is 127 Å². The molecule has 0 aliphatic heterocycles. The summed E-state index contributed by atoms with van der Waals surface area (Å²) in [5.74, 6) is 1.02. The van der Waals surface area contributed by atoms with Gasteiger partial charge < -0.3 is 33.6 Å². The van der Waals surface area contributed by atoms with Crippen LogP contribution in [0, 0.1) is 6.92 Å². The third-order valence-corrected chi connectivity index (χ3v) is 7.62. The first-order valence-electron chi connectivity index (χ1n) is 15.5. The van der Waals surface area contributed by atoms with Crippen molar-refractivity contribution in [2.75, 3.05) is 6.61 Å². The fourth-order valence-electron chi connectivity index (χ4n) is 5.07. The van der Waals surface area contributed by atoms with Crippen LogP contribution in [0.3, 0.4) is 0 Å². The van der Waals surface area contributed by atoms with Crippen LogP contribution in [0.5, 0.6) is 5.75 Å². The fraction of sp³-hybridized carbons (Fsp3) is 0.647. The molecule has 0 N–H and O–H groups in total. The van der Waals surface area contributed by atoms with Crippen LogP contribution in [0.25, 0.3) is 0 Å². The third-order valence-electron chi connectivity index (χ3n) is 7.62. The van der Waals surface area contributed by atoms with Crippen LogP contribution in [-0.2, 0) is 24.4 Å². The van der Waals surface area contributed by atoms with Gasteiger partial charge in [-0.05, 0) is 43.5 Å². The molecular weight excluding hydrogens is 595 g/mol. The molecule has 0 saturated heterocycles. The van der Waals surface area contributed by atoms with E-state index in [1.807, 2.05) is 17.0 Å². The van der Waals surface area contributed by atoms with Gasteiger partial charge in [0.25, 0.3) is 0 Å². The van der Waals surface area contributed by atoms with E-state index in [-0.39, 0.29) is 29.9 Å². The minimum atomic E-state index is 0. The summed E-state index contributed by atoms with van der Waals surface area (Å²) in [6.45, 7) is 11.1. The lowest BCUT2D eigenvalue weighted by molar-refractivity contribution is -0.701. The van der Waals surface area contributed by atoms with Gasteiger partial charge in [0, 0.05) is 25.6 Å².